The fourth-order valence-corrected chi connectivity index (χ4v) is 3.69. The third kappa shape index (κ3) is 3.44. The number of fused-ring (bicyclic) bond motifs is 1. The molecule has 0 saturated heterocycles. The van der Waals surface area contributed by atoms with Crippen LogP contribution in [0.2, 0.25) is 0 Å². The van der Waals surface area contributed by atoms with Gasteiger partial charge in [0.25, 0.3) is 0 Å². The Balaban J connectivity index is 2.14. The molecule has 2 rings (SSSR count). The Bertz CT molecular complexity index is 444. The zero-order valence-corrected chi connectivity index (χ0v) is 13.1. The second kappa shape index (κ2) is 6.33. The van der Waals surface area contributed by atoms with Gasteiger partial charge in [0.05, 0.1) is 6.54 Å². The molecule has 0 spiro atoms. The van der Waals surface area contributed by atoms with E-state index in [0.717, 1.165) is 12.5 Å². The molecule has 0 N–H and O–H groups in total. The largest absolute Gasteiger partial charge is 0.349 e. The molecule has 19 heavy (non-hydrogen) atoms. The molecule has 0 amide bonds. The van der Waals surface area contributed by atoms with Crippen molar-refractivity contribution in [2.75, 3.05) is 40.5 Å². The molecule has 0 radical (unpaired) electrons. The van der Waals surface area contributed by atoms with Gasteiger partial charge in [-0.05, 0) is 23.3 Å². The molecule has 104 valence electrons. The number of rotatable bonds is 2. The van der Waals surface area contributed by atoms with E-state index in [-0.39, 0.29) is 0 Å². The maximum atomic E-state index is 4.79. The fourth-order valence-electron chi connectivity index (χ4n) is 2.48. The number of guanidine groups is 1. The van der Waals surface area contributed by atoms with Gasteiger partial charge in [-0.1, -0.05) is 24.3 Å². The molecule has 1 heterocycles. The number of benzene rings is 1. The Morgan fingerprint density at radius 3 is 2.58 bits per heavy atom. The summed E-state index contributed by atoms with van der Waals surface area (Å²) in [6.45, 7) is 0.855. The third-order valence-corrected chi connectivity index (χ3v) is 4.54. The molecule has 0 saturated carbocycles. The summed E-state index contributed by atoms with van der Waals surface area (Å²) in [5, 5.41) is 0.500. The molecule has 1 aromatic rings. The summed E-state index contributed by atoms with van der Waals surface area (Å²) in [6, 6.07) is 8.79. The highest BCUT2D eigenvalue weighted by Crippen LogP contribution is 2.36. The minimum atomic E-state index is 0.500. The van der Waals surface area contributed by atoms with Crippen molar-refractivity contribution >= 4 is 17.7 Å². The molecule has 4 heteroatoms. The first-order valence-electron chi connectivity index (χ1n) is 6.68. The van der Waals surface area contributed by atoms with Gasteiger partial charge in [-0.25, -0.2) is 0 Å². The van der Waals surface area contributed by atoms with Gasteiger partial charge in [-0.15, -0.1) is 0 Å². The van der Waals surface area contributed by atoms with E-state index in [2.05, 4.69) is 34.1 Å². The maximum Gasteiger partial charge on any atom is 0.195 e. The summed E-state index contributed by atoms with van der Waals surface area (Å²) < 4.78 is 0. The van der Waals surface area contributed by atoms with Crippen LogP contribution in [0.1, 0.15) is 16.4 Å². The van der Waals surface area contributed by atoms with Crippen LogP contribution in [0, 0.1) is 0 Å². The van der Waals surface area contributed by atoms with Gasteiger partial charge in [-0.2, -0.15) is 11.8 Å². The zero-order valence-electron chi connectivity index (χ0n) is 12.3. The number of hydrogen-bond acceptors (Lipinski definition) is 2. The van der Waals surface area contributed by atoms with E-state index in [0.29, 0.717) is 5.25 Å². The Labute approximate surface area is 120 Å². The van der Waals surface area contributed by atoms with E-state index in [1.807, 2.05) is 40.0 Å². The van der Waals surface area contributed by atoms with E-state index in [1.54, 1.807) is 0 Å². The molecule has 3 nitrogen and oxygen atoms in total. The second-order valence-corrected chi connectivity index (χ2v) is 6.55. The van der Waals surface area contributed by atoms with Crippen LogP contribution < -0.4 is 0 Å². The SMILES string of the molecule is CN(C)C(=NCC1SCCc2ccccc21)N(C)C. The van der Waals surface area contributed by atoms with E-state index < -0.39 is 0 Å². The number of hydrogen-bond donors (Lipinski definition) is 0. The molecular formula is C15H23N3S. The van der Waals surface area contributed by atoms with Gasteiger partial charge in [-0.3, -0.25) is 4.99 Å². The number of aryl methyl sites for hydroxylation is 1. The lowest BCUT2D eigenvalue weighted by atomic mass is 10.0. The average Bonchev–Trinajstić information content (AvgIpc) is 2.38. The first kappa shape index (κ1) is 14.3. The van der Waals surface area contributed by atoms with E-state index in [4.69, 9.17) is 4.99 Å². The van der Waals surface area contributed by atoms with E-state index in [9.17, 15) is 0 Å². The second-order valence-electron chi connectivity index (χ2n) is 5.24. The van der Waals surface area contributed by atoms with Gasteiger partial charge in [0.2, 0.25) is 0 Å². The molecule has 1 aliphatic heterocycles. The minimum Gasteiger partial charge on any atom is -0.349 e. The van der Waals surface area contributed by atoms with Crippen LogP contribution in [0.5, 0.6) is 0 Å². The fraction of sp³-hybridized carbons (Fsp3) is 0.533. The van der Waals surface area contributed by atoms with Gasteiger partial charge < -0.3 is 9.80 Å². The molecule has 1 unspecified atom stereocenters. The van der Waals surface area contributed by atoms with Crippen LogP contribution in [0.3, 0.4) is 0 Å². The van der Waals surface area contributed by atoms with Crippen LogP contribution >= 0.6 is 11.8 Å². The monoisotopic (exact) mass is 277 g/mol. The van der Waals surface area contributed by atoms with E-state index in [1.165, 1.54) is 23.3 Å². The van der Waals surface area contributed by atoms with Crippen LogP contribution in [0.25, 0.3) is 0 Å². The minimum absolute atomic E-state index is 0.500. The van der Waals surface area contributed by atoms with Gasteiger partial charge >= 0.3 is 0 Å². The summed E-state index contributed by atoms with van der Waals surface area (Å²) in [7, 11) is 8.17. The predicted molar refractivity (Wildman–Crippen MR) is 85.0 cm³/mol. The maximum absolute atomic E-state index is 4.79. The van der Waals surface area contributed by atoms with Crippen molar-refractivity contribution in [3.05, 3.63) is 35.4 Å². The molecule has 1 atom stereocenters. The van der Waals surface area contributed by atoms with Crippen molar-refractivity contribution < 1.29 is 0 Å². The summed E-state index contributed by atoms with van der Waals surface area (Å²) in [5.74, 6) is 2.24. The molecule has 0 aliphatic carbocycles. The molecule has 1 aliphatic rings. The summed E-state index contributed by atoms with van der Waals surface area (Å²) >= 11 is 2.03. The lowest BCUT2D eigenvalue weighted by Crippen LogP contribution is -2.35. The predicted octanol–water partition coefficient (Wildman–Crippen LogP) is 2.50. The van der Waals surface area contributed by atoms with Crippen LogP contribution in [0.15, 0.2) is 29.3 Å². The first-order chi connectivity index (χ1) is 9.09. The van der Waals surface area contributed by atoms with Crippen LogP contribution in [-0.2, 0) is 6.42 Å². The lowest BCUT2D eigenvalue weighted by molar-refractivity contribution is 0.479. The molecule has 1 aromatic carbocycles. The van der Waals surface area contributed by atoms with Gasteiger partial charge in [0, 0.05) is 33.4 Å². The highest BCUT2D eigenvalue weighted by atomic mass is 32.2. The van der Waals surface area contributed by atoms with Crippen molar-refractivity contribution in [3.8, 4) is 0 Å². The first-order valence-corrected chi connectivity index (χ1v) is 7.73. The van der Waals surface area contributed by atoms with Crippen molar-refractivity contribution in [1.29, 1.82) is 0 Å². The van der Waals surface area contributed by atoms with Crippen molar-refractivity contribution in [3.63, 3.8) is 0 Å². The highest BCUT2D eigenvalue weighted by Gasteiger charge is 2.20. The van der Waals surface area contributed by atoms with Crippen molar-refractivity contribution in [2.24, 2.45) is 4.99 Å². The Morgan fingerprint density at radius 1 is 1.21 bits per heavy atom. The van der Waals surface area contributed by atoms with Gasteiger partial charge in [0.1, 0.15) is 0 Å². The normalized spacial score (nSPS) is 17.6. The quantitative estimate of drug-likeness (QED) is 0.611. The zero-order chi connectivity index (χ0) is 13.8. The molecule has 0 aromatic heterocycles. The average molecular weight is 277 g/mol. The van der Waals surface area contributed by atoms with Crippen molar-refractivity contribution in [2.45, 2.75) is 11.7 Å². The molecule has 0 bridgehead atoms. The number of nitrogens with zero attached hydrogens (tertiary/aromatic N) is 3. The van der Waals surface area contributed by atoms with Crippen LogP contribution in [0.4, 0.5) is 0 Å². The Hall–Kier alpha value is -1.16. The number of thioether (sulfide) groups is 1. The van der Waals surface area contributed by atoms with Crippen molar-refractivity contribution in [1.82, 2.24) is 9.80 Å². The number of aliphatic imine (C=N–C) groups is 1. The Morgan fingerprint density at radius 2 is 1.89 bits per heavy atom. The standard InChI is InChI=1S/C15H23N3S/c1-17(2)15(18(3)4)16-11-14-13-8-6-5-7-12(13)9-10-19-14/h5-8,14H,9-11H2,1-4H3. The smallest absolute Gasteiger partial charge is 0.195 e. The summed E-state index contributed by atoms with van der Waals surface area (Å²) in [4.78, 5) is 8.93. The van der Waals surface area contributed by atoms with Gasteiger partial charge in [0.15, 0.2) is 5.96 Å². The lowest BCUT2D eigenvalue weighted by Gasteiger charge is -2.26. The van der Waals surface area contributed by atoms with E-state index >= 15 is 0 Å². The summed E-state index contributed by atoms with van der Waals surface area (Å²) in [6.07, 6.45) is 1.19. The summed E-state index contributed by atoms with van der Waals surface area (Å²) in [5.41, 5.74) is 2.97. The molecular weight excluding hydrogens is 254 g/mol. The van der Waals surface area contributed by atoms with Crippen LogP contribution in [-0.4, -0.2) is 56.2 Å². The molecule has 0 fully saturated rings. The third-order valence-electron chi connectivity index (χ3n) is 3.29. The highest BCUT2D eigenvalue weighted by molar-refractivity contribution is 7.99. The topological polar surface area (TPSA) is 18.8 Å². The Kier molecular flexibility index (Phi) is 4.75.